The van der Waals surface area contributed by atoms with Crippen molar-refractivity contribution >= 4 is 5.91 Å². The molecule has 2 heteroatoms. The molecule has 118 valence electrons. The van der Waals surface area contributed by atoms with Crippen molar-refractivity contribution in [3.05, 3.63) is 35.4 Å². The Morgan fingerprint density at radius 1 is 1.05 bits per heavy atom. The zero-order valence-electron chi connectivity index (χ0n) is 13.8. The van der Waals surface area contributed by atoms with Gasteiger partial charge in [-0.25, -0.2) is 0 Å². The number of aryl methyl sites for hydroxylation is 1. The number of rotatable bonds is 3. The molecule has 4 aliphatic carbocycles. The molecule has 0 aromatic heterocycles. The second-order valence-corrected chi connectivity index (χ2v) is 8.34. The van der Waals surface area contributed by atoms with Crippen LogP contribution < -0.4 is 0 Å². The van der Waals surface area contributed by atoms with Crippen molar-refractivity contribution < 1.29 is 4.79 Å². The van der Waals surface area contributed by atoms with Crippen LogP contribution in [0.4, 0.5) is 0 Å². The summed E-state index contributed by atoms with van der Waals surface area (Å²) in [6.45, 7) is 2.86. The first-order valence-electron chi connectivity index (χ1n) is 8.85. The number of carbonyl (C=O) groups is 1. The first-order chi connectivity index (χ1) is 10.5. The van der Waals surface area contributed by atoms with Gasteiger partial charge in [-0.1, -0.05) is 29.8 Å². The number of carbonyl (C=O) groups excluding carboxylic acids is 1. The van der Waals surface area contributed by atoms with Gasteiger partial charge >= 0.3 is 0 Å². The summed E-state index contributed by atoms with van der Waals surface area (Å²) in [5.41, 5.74) is 2.51. The lowest BCUT2D eigenvalue weighted by molar-refractivity contribution is -0.156. The highest BCUT2D eigenvalue weighted by atomic mass is 16.2. The molecule has 0 heterocycles. The van der Waals surface area contributed by atoms with E-state index < -0.39 is 0 Å². The van der Waals surface area contributed by atoms with Gasteiger partial charge < -0.3 is 4.90 Å². The van der Waals surface area contributed by atoms with E-state index in [9.17, 15) is 4.79 Å². The van der Waals surface area contributed by atoms with E-state index in [4.69, 9.17) is 0 Å². The quantitative estimate of drug-likeness (QED) is 0.820. The van der Waals surface area contributed by atoms with Crippen LogP contribution in [-0.2, 0) is 11.3 Å². The van der Waals surface area contributed by atoms with Crippen LogP contribution in [0, 0.1) is 30.1 Å². The maximum absolute atomic E-state index is 13.2. The minimum atomic E-state index is -0.00576. The monoisotopic (exact) mass is 297 g/mol. The maximum atomic E-state index is 13.2. The van der Waals surface area contributed by atoms with Gasteiger partial charge in [0.2, 0.25) is 5.91 Å². The van der Waals surface area contributed by atoms with Crippen molar-refractivity contribution in [1.29, 1.82) is 0 Å². The third-order valence-electron chi connectivity index (χ3n) is 6.38. The molecule has 0 spiro atoms. The molecule has 4 fully saturated rings. The molecule has 1 amide bonds. The Balaban J connectivity index is 1.50. The van der Waals surface area contributed by atoms with Crippen molar-refractivity contribution in [2.45, 2.75) is 52.0 Å². The van der Waals surface area contributed by atoms with Crippen LogP contribution in [-0.4, -0.2) is 17.9 Å². The summed E-state index contributed by atoms with van der Waals surface area (Å²) in [5, 5.41) is 0. The first-order valence-corrected chi connectivity index (χ1v) is 8.85. The summed E-state index contributed by atoms with van der Waals surface area (Å²) in [5.74, 6) is 2.93. The van der Waals surface area contributed by atoms with E-state index in [1.165, 1.54) is 30.4 Å². The van der Waals surface area contributed by atoms with E-state index in [1.54, 1.807) is 0 Å². The SMILES string of the molecule is Cc1ccc(CN(C)C(=O)C23CC4CC(CC(C4)C2)C3)cc1. The van der Waals surface area contributed by atoms with Gasteiger partial charge in [-0.05, 0) is 68.8 Å². The fourth-order valence-electron chi connectivity index (χ4n) is 5.82. The second-order valence-electron chi connectivity index (χ2n) is 8.34. The van der Waals surface area contributed by atoms with E-state index in [0.717, 1.165) is 43.6 Å². The Morgan fingerprint density at radius 3 is 2.05 bits per heavy atom. The smallest absolute Gasteiger partial charge is 0.228 e. The van der Waals surface area contributed by atoms with E-state index in [-0.39, 0.29) is 5.41 Å². The van der Waals surface area contributed by atoms with E-state index in [2.05, 4.69) is 31.2 Å². The van der Waals surface area contributed by atoms with Crippen LogP contribution in [0.5, 0.6) is 0 Å². The minimum absolute atomic E-state index is 0.00576. The standard InChI is InChI=1S/C20H27NO/c1-14-3-5-15(6-4-14)13-21(2)19(22)20-10-16-7-17(11-20)9-18(8-16)12-20/h3-6,16-18H,7-13H2,1-2H3. The zero-order valence-corrected chi connectivity index (χ0v) is 13.8. The van der Waals surface area contributed by atoms with E-state index >= 15 is 0 Å². The first kappa shape index (κ1) is 14.3. The molecule has 2 nitrogen and oxygen atoms in total. The molecule has 1 aromatic rings. The molecule has 1 aromatic carbocycles. The fourth-order valence-corrected chi connectivity index (χ4v) is 5.82. The van der Waals surface area contributed by atoms with Crippen LogP contribution in [0.2, 0.25) is 0 Å². The number of amides is 1. The molecule has 0 radical (unpaired) electrons. The molecule has 4 saturated carbocycles. The molecule has 0 atom stereocenters. The van der Waals surface area contributed by atoms with Crippen LogP contribution in [0.3, 0.4) is 0 Å². The van der Waals surface area contributed by atoms with Gasteiger partial charge in [-0.3, -0.25) is 4.79 Å². The molecule has 4 bridgehead atoms. The van der Waals surface area contributed by atoms with Gasteiger partial charge in [0.1, 0.15) is 0 Å². The molecule has 0 N–H and O–H groups in total. The summed E-state index contributed by atoms with van der Waals surface area (Å²) in [6.07, 6.45) is 7.68. The van der Waals surface area contributed by atoms with E-state index in [0.29, 0.717) is 5.91 Å². The average molecular weight is 297 g/mol. The van der Waals surface area contributed by atoms with Crippen molar-refractivity contribution in [3.63, 3.8) is 0 Å². The molecule has 0 unspecified atom stereocenters. The van der Waals surface area contributed by atoms with Gasteiger partial charge in [0.15, 0.2) is 0 Å². The van der Waals surface area contributed by atoms with Gasteiger partial charge in [0.25, 0.3) is 0 Å². The van der Waals surface area contributed by atoms with Crippen LogP contribution in [0.25, 0.3) is 0 Å². The number of hydrogen-bond donors (Lipinski definition) is 0. The molecular formula is C20H27NO. The van der Waals surface area contributed by atoms with Gasteiger partial charge in [0, 0.05) is 13.6 Å². The van der Waals surface area contributed by atoms with Crippen LogP contribution in [0.1, 0.15) is 49.7 Å². The average Bonchev–Trinajstić information content (AvgIpc) is 2.47. The lowest BCUT2D eigenvalue weighted by Crippen LogP contribution is -2.53. The van der Waals surface area contributed by atoms with Gasteiger partial charge in [-0.2, -0.15) is 0 Å². The summed E-state index contributed by atoms with van der Waals surface area (Å²) in [7, 11) is 2.00. The predicted molar refractivity (Wildman–Crippen MR) is 88.3 cm³/mol. The third-order valence-corrected chi connectivity index (χ3v) is 6.38. The lowest BCUT2D eigenvalue weighted by atomic mass is 9.49. The Bertz CT molecular complexity index is 539. The highest BCUT2D eigenvalue weighted by Gasteiger charge is 2.55. The number of hydrogen-bond acceptors (Lipinski definition) is 1. The second kappa shape index (κ2) is 5.11. The molecule has 0 aliphatic heterocycles. The van der Waals surface area contributed by atoms with Crippen LogP contribution in [0.15, 0.2) is 24.3 Å². The maximum Gasteiger partial charge on any atom is 0.228 e. The van der Waals surface area contributed by atoms with Crippen molar-refractivity contribution in [1.82, 2.24) is 4.90 Å². The summed E-state index contributed by atoms with van der Waals surface area (Å²) in [6, 6.07) is 8.58. The Morgan fingerprint density at radius 2 is 1.55 bits per heavy atom. The Hall–Kier alpha value is -1.31. The van der Waals surface area contributed by atoms with Crippen molar-refractivity contribution in [2.24, 2.45) is 23.2 Å². The van der Waals surface area contributed by atoms with Gasteiger partial charge in [-0.15, -0.1) is 0 Å². The topological polar surface area (TPSA) is 20.3 Å². The van der Waals surface area contributed by atoms with Crippen LogP contribution >= 0.6 is 0 Å². The molecule has 5 rings (SSSR count). The third kappa shape index (κ3) is 2.37. The van der Waals surface area contributed by atoms with Gasteiger partial charge in [0.05, 0.1) is 5.41 Å². The minimum Gasteiger partial charge on any atom is -0.341 e. The zero-order chi connectivity index (χ0) is 15.3. The summed E-state index contributed by atoms with van der Waals surface area (Å²) < 4.78 is 0. The number of benzene rings is 1. The summed E-state index contributed by atoms with van der Waals surface area (Å²) >= 11 is 0. The highest BCUT2D eigenvalue weighted by molar-refractivity contribution is 5.83. The molecule has 4 aliphatic rings. The largest absolute Gasteiger partial charge is 0.341 e. The highest BCUT2D eigenvalue weighted by Crippen LogP contribution is 2.60. The normalized spacial score (nSPS) is 35.6. The predicted octanol–water partition coefficient (Wildman–Crippen LogP) is 4.17. The fraction of sp³-hybridized carbons (Fsp3) is 0.650. The Labute approximate surface area is 133 Å². The summed E-state index contributed by atoms with van der Waals surface area (Å²) in [4.78, 5) is 15.2. The number of nitrogens with zero attached hydrogens (tertiary/aromatic N) is 1. The lowest BCUT2D eigenvalue weighted by Gasteiger charge is -2.56. The Kier molecular flexibility index (Phi) is 3.32. The molecule has 0 saturated heterocycles. The van der Waals surface area contributed by atoms with Crippen molar-refractivity contribution in [3.8, 4) is 0 Å². The van der Waals surface area contributed by atoms with Crippen molar-refractivity contribution in [2.75, 3.05) is 7.05 Å². The molecular weight excluding hydrogens is 270 g/mol. The molecule has 22 heavy (non-hydrogen) atoms. The van der Waals surface area contributed by atoms with E-state index in [1.807, 2.05) is 11.9 Å².